The first kappa shape index (κ1) is 15.6. The lowest BCUT2D eigenvalue weighted by atomic mass is 10.2. The molecule has 2 aromatic heterocycles. The van der Waals surface area contributed by atoms with Gasteiger partial charge in [0.15, 0.2) is 5.76 Å². The standard InChI is InChI=1S/C19H13N5O2/c25-24-15-8-6-14(7-9-15)22-19-20-11-10-16(23-19)17-12-21-18(26-17)13-4-2-1-3-5-13/h1-12H,(H,20,22,23). The number of nitroso groups, excluding NO2 is 1. The minimum absolute atomic E-state index is 0.361. The molecule has 0 bridgehead atoms. The number of hydrogen-bond donors (Lipinski definition) is 1. The van der Waals surface area contributed by atoms with Crippen LogP contribution in [0.4, 0.5) is 17.3 Å². The summed E-state index contributed by atoms with van der Waals surface area (Å²) in [5.41, 5.74) is 2.62. The van der Waals surface area contributed by atoms with Crippen molar-refractivity contribution in [1.82, 2.24) is 15.0 Å². The smallest absolute Gasteiger partial charge is 0.227 e. The summed E-state index contributed by atoms with van der Waals surface area (Å²) in [6.45, 7) is 0. The second-order valence-corrected chi connectivity index (χ2v) is 5.42. The van der Waals surface area contributed by atoms with Crippen LogP contribution in [0.3, 0.4) is 0 Å². The van der Waals surface area contributed by atoms with Crippen molar-refractivity contribution in [3.05, 3.63) is 78.0 Å². The van der Waals surface area contributed by atoms with Crippen molar-refractivity contribution in [1.29, 1.82) is 0 Å². The maximum Gasteiger partial charge on any atom is 0.227 e. The van der Waals surface area contributed by atoms with Crippen molar-refractivity contribution >= 4 is 17.3 Å². The fourth-order valence-electron chi connectivity index (χ4n) is 2.40. The average Bonchev–Trinajstić information content (AvgIpc) is 3.20. The van der Waals surface area contributed by atoms with Gasteiger partial charge >= 0.3 is 0 Å². The van der Waals surface area contributed by atoms with Gasteiger partial charge in [-0.1, -0.05) is 18.2 Å². The molecule has 0 atom stereocenters. The van der Waals surface area contributed by atoms with Crippen LogP contribution < -0.4 is 5.32 Å². The fraction of sp³-hybridized carbons (Fsp3) is 0. The van der Waals surface area contributed by atoms with E-state index in [0.717, 1.165) is 11.3 Å². The average molecular weight is 343 g/mol. The Bertz CT molecular complexity index is 1030. The van der Waals surface area contributed by atoms with E-state index >= 15 is 0 Å². The van der Waals surface area contributed by atoms with Crippen LogP contribution in [-0.4, -0.2) is 15.0 Å². The third kappa shape index (κ3) is 3.32. The van der Waals surface area contributed by atoms with E-state index in [-0.39, 0.29) is 0 Å². The molecule has 1 N–H and O–H groups in total. The first-order chi connectivity index (χ1) is 12.8. The molecule has 0 aliphatic rings. The molecule has 2 heterocycles. The van der Waals surface area contributed by atoms with Gasteiger partial charge in [-0.2, -0.15) is 0 Å². The van der Waals surface area contributed by atoms with E-state index in [1.54, 1.807) is 42.7 Å². The predicted octanol–water partition coefficient (Wildman–Crippen LogP) is 4.94. The van der Waals surface area contributed by atoms with Gasteiger partial charge in [-0.15, -0.1) is 4.91 Å². The van der Waals surface area contributed by atoms with Crippen molar-refractivity contribution in [3.63, 3.8) is 0 Å². The monoisotopic (exact) mass is 343 g/mol. The van der Waals surface area contributed by atoms with E-state index in [1.807, 2.05) is 30.3 Å². The maximum atomic E-state index is 10.5. The highest BCUT2D eigenvalue weighted by atomic mass is 16.4. The summed E-state index contributed by atoms with van der Waals surface area (Å²) < 4.78 is 5.81. The summed E-state index contributed by atoms with van der Waals surface area (Å²) in [5, 5.41) is 5.95. The summed E-state index contributed by atoms with van der Waals surface area (Å²) in [5.74, 6) is 1.49. The molecule has 26 heavy (non-hydrogen) atoms. The Hall–Kier alpha value is -3.87. The number of anilines is 2. The van der Waals surface area contributed by atoms with Crippen molar-refractivity contribution in [3.8, 4) is 22.9 Å². The lowest BCUT2D eigenvalue weighted by Gasteiger charge is -2.05. The molecule has 2 aromatic carbocycles. The quantitative estimate of drug-likeness (QED) is 0.516. The zero-order valence-corrected chi connectivity index (χ0v) is 13.5. The van der Waals surface area contributed by atoms with Crippen LogP contribution in [0.25, 0.3) is 22.9 Å². The van der Waals surface area contributed by atoms with Crippen LogP contribution in [0.5, 0.6) is 0 Å². The Balaban J connectivity index is 1.57. The Morgan fingerprint density at radius 3 is 2.50 bits per heavy atom. The van der Waals surface area contributed by atoms with E-state index in [2.05, 4.69) is 25.4 Å². The Morgan fingerprint density at radius 1 is 0.923 bits per heavy atom. The summed E-state index contributed by atoms with van der Waals surface area (Å²) in [6.07, 6.45) is 3.27. The predicted molar refractivity (Wildman–Crippen MR) is 98.1 cm³/mol. The topological polar surface area (TPSA) is 93.3 Å². The highest BCUT2D eigenvalue weighted by molar-refractivity contribution is 5.61. The third-order valence-electron chi connectivity index (χ3n) is 3.66. The summed E-state index contributed by atoms with van der Waals surface area (Å²) in [4.78, 5) is 23.4. The lowest BCUT2D eigenvalue weighted by Crippen LogP contribution is -1.97. The zero-order valence-electron chi connectivity index (χ0n) is 13.5. The van der Waals surface area contributed by atoms with Gasteiger partial charge < -0.3 is 9.73 Å². The molecule has 0 radical (unpaired) electrons. The van der Waals surface area contributed by atoms with Crippen LogP contribution in [-0.2, 0) is 0 Å². The zero-order chi connectivity index (χ0) is 17.8. The van der Waals surface area contributed by atoms with Crippen LogP contribution in [0.15, 0.2) is 82.7 Å². The molecule has 7 heteroatoms. The summed E-state index contributed by atoms with van der Waals surface area (Å²) in [6, 6.07) is 18.1. The SMILES string of the molecule is O=Nc1ccc(Nc2nccc(-c3cnc(-c4ccccc4)o3)n2)cc1. The minimum atomic E-state index is 0.361. The van der Waals surface area contributed by atoms with E-state index < -0.39 is 0 Å². The van der Waals surface area contributed by atoms with Crippen molar-refractivity contribution in [2.24, 2.45) is 5.18 Å². The number of rotatable bonds is 5. The number of aromatic nitrogens is 3. The minimum Gasteiger partial charge on any atom is -0.434 e. The van der Waals surface area contributed by atoms with Crippen molar-refractivity contribution in [2.45, 2.75) is 0 Å². The molecule has 0 spiro atoms. The molecule has 0 aliphatic carbocycles. The van der Waals surface area contributed by atoms with Gasteiger partial charge in [0.05, 0.1) is 6.20 Å². The van der Waals surface area contributed by atoms with Gasteiger partial charge in [0, 0.05) is 17.4 Å². The van der Waals surface area contributed by atoms with Crippen LogP contribution in [0.2, 0.25) is 0 Å². The first-order valence-corrected chi connectivity index (χ1v) is 7.87. The van der Waals surface area contributed by atoms with Crippen molar-refractivity contribution < 1.29 is 4.42 Å². The third-order valence-corrected chi connectivity index (χ3v) is 3.66. The van der Waals surface area contributed by atoms with E-state index in [4.69, 9.17) is 4.42 Å². The molecule has 7 nitrogen and oxygen atoms in total. The van der Waals surface area contributed by atoms with E-state index in [9.17, 15) is 4.91 Å². The highest BCUT2D eigenvalue weighted by Gasteiger charge is 2.10. The molecule has 0 aliphatic heterocycles. The summed E-state index contributed by atoms with van der Waals surface area (Å²) in [7, 11) is 0. The Morgan fingerprint density at radius 2 is 1.73 bits per heavy atom. The molecule has 4 rings (SSSR count). The number of hydrogen-bond acceptors (Lipinski definition) is 7. The number of nitrogens with one attached hydrogen (secondary N) is 1. The van der Waals surface area contributed by atoms with E-state index in [0.29, 0.717) is 29.0 Å². The molecule has 126 valence electrons. The van der Waals surface area contributed by atoms with Crippen LogP contribution >= 0.6 is 0 Å². The largest absolute Gasteiger partial charge is 0.434 e. The molecule has 4 aromatic rings. The van der Waals surface area contributed by atoms with Gasteiger partial charge in [-0.3, -0.25) is 0 Å². The summed E-state index contributed by atoms with van der Waals surface area (Å²) >= 11 is 0. The number of oxazole rings is 1. The number of nitrogens with zero attached hydrogens (tertiary/aromatic N) is 4. The normalized spacial score (nSPS) is 10.5. The molecular formula is C19H13N5O2. The van der Waals surface area contributed by atoms with Crippen molar-refractivity contribution in [2.75, 3.05) is 5.32 Å². The molecule has 0 fully saturated rings. The molecule has 0 saturated heterocycles. The fourth-order valence-corrected chi connectivity index (χ4v) is 2.40. The Kier molecular flexibility index (Phi) is 4.17. The highest BCUT2D eigenvalue weighted by Crippen LogP contribution is 2.25. The van der Waals surface area contributed by atoms with Gasteiger partial charge in [-0.05, 0) is 47.6 Å². The van der Waals surface area contributed by atoms with Crippen LogP contribution in [0.1, 0.15) is 0 Å². The molecule has 0 amide bonds. The molecular weight excluding hydrogens is 330 g/mol. The molecule has 0 unspecified atom stereocenters. The Labute approximate surface area is 148 Å². The lowest BCUT2D eigenvalue weighted by molar-refractivity contribution is 0.586. The molecule has 0 saturated carbocycles. The van der Waals surface area contributed by atoms with Gasteiger partial charge in [-0.25, -0.2) is 15.0 Å². The second-order valence-electron chi connectivity index (χ2n) is 5.42. The van der Waals surface area contributed by atoms with Gasteiger partial charge in [0.25, 0.3) is 0 Å². The van der Waals surface area contributed by atoms with Gasteiger partial charge in [0.1, 0.15) is 11.4 Å². The number of benzene rings is 2. The first-order valence-electron chi connectivity index (χ1n) is 7.87. The maximum absolute atomic E-state index is 10.5. The van der Waals surface area contributed by atoms with Gasteiger partial charge in [0.2, 0.25) is 11.8 Å². The second kappa shape index (κ2) is 6.94. The van der Waals surface area contributed by atoms with Crippen LogP contribution in [0, 0.1) is 4.91 Å². The van der Waals surface area contributed by atoms with E-state index in [1.165, 1.54) is 0 Å².